The largest absolute Gasteiger partial charge is 0.384 e. The van der Waals surface area contributed by atoms with Crippen LogP contribution in [-0.4, -0.2) is 20.1 Å². The average Bonchev–Trinajstić information content (AvgIpc) is 2.28. The first-order chi connectivity index (χ1) is 7.67. The summed E-state index contributed by atoms with van der Waals surface area (Å²) in [7, 11) is 1.99. The molecule has 0 aliphatic heterocycles. The van der Waals surface area contributed by atoms with Gasteiger partial charge in [0.1, 0.15) is 0 Å². The van der Waals surface area contributed by atoms with Gasteiger partial charge < -0.3 is 10.6 Å². The maximum atomic E-state index is 5.97. The highest BCUT2D eigenvalue weighted by Crippen LogP contribution is 2.20. The van der Waals surface area contributed by atoms with Gasteiger partial charge in [-0.3, -0.25) is 0 Å². The molecule has 0 amide bonds. The normalized spacial score (nSPS) is 12.5. The molecule has 0 aliphatic carbocycles. The van der Waals surface area contributed by atoms with E-state index in [1.165, 1.54) is 12.0 Å². The van der Waals surface area contributed by atoms with Crippen molar-refractivity contribution in [2.75, 3.05) is 25.5 Å². The lowest BCUT2D eigenvalue weighted by Crippen LogP contribution is -2.25. The lowest BCUT2D eigenvalue weighted by atomic mass is 10.1. The molecule has 90 valence electrons. The van der Waals surface area contributed by atoms with Crippen LogP contribution < -0.4 is 10.6 Å². The van der Waals surface area contributed by atoms with Crippen LogP contribution in [0.3, 0.4) is 0 Å². The molecule has 0 heterocycles. The van der Waals surface area contributed by atoms with Crippen LogP contribution in [0.1, 0.15) is 18.9 Å². The van der Waals surface area contributed by atoms with E-state index in [-0.39, 0.29) is 0 Å². The highest BCUT2D eigenvalue weighted by molar-refractivity contribution is 6.30. The van der Waals surface area contributed by atoms with Gasteiger partial charge in [-0.2, -0.15) is 0 Å². The van der Waals surface area contributed by atoms with Crippen LogP contribution in [0.25, 0.3) is 0 Å². The lowest BCUT2D eigenvalue weighted by molar-refractivity contribution is 0.506. The zero-order chi connectivity index (χ0) is 12.0. The first-order valence-electron chi connectivity index (χ1n) is 5.82. The second kappa shape index (κ2) is 6.77. The molecule has 16 heavy (non-hydrogen) atoms. The van der Waals surface area contributed by atoms with E-state index in [1.807, 2.05) is 25.2 Å². The second-order valence-electron chi connectivity index (χ2n) is 4.17. The summed E-state index contributed by atoms with van der Waals surface area (Å²) < 4.78 is 0. The van der Waals surface area contributed by atoms with Crippen molar-refractivity contribution >= 4 is 17.3 Å². The van der Waals surface area contributed by atoms with E-state index in [4.69, 9.17) is 11.6 Å². The Hall–Kier alpha value is -0.730. The maximum Gasteiger partial charge on any atom is 0.0426 e. The summed E-state index contributed by atoms with van der Waals surface area (Å²) in [4.78, 5) is 0. The average molecular weight is 241 g/mol. The van der Waals surface area contributed by atoms with Gasteiger partial charge in [0.2, 0.25) is 0 Å². The van der Waals surface area contributed by atoms with E-state index >= 15 is 0 Å². The molecule has 0 saturated carbocycles. The minimum Gasteiger partial charge on any atom is -0.384 e. The highest BCUT2D eigenvalue weighted by atomic mass is 35.5. The number of benzene rings is 1. The molecule has 1 unspecified atom stereocenters. The number of rotatable bonds is 6. The number of nitrogens with one attached hydrogen (secondary N) is 2. The van der Waals surface area contributed by atoms with Gasteiger partial charge in [-0.25, -0.2) is 0 Å². The highest BCUT2D eigenvalue weighted by Gasteiger charge is 2.05. The van der Waals surface area contributed by atoms with Crippen molar-refractivity contribution in [3.63, 3.8) is 0 Å². The van der Waals surface area contributed by atoms with Crippen molar-refractivity contribution in [1.82, 2.24) is 5.32 Å². The Labute approximate surface area is 103 Å². The summed E-state index contributed by atoms with van der Waals surface area (Å²) in [5.74, 6) is 0.656. The van der Waals surface area contributed by atoms with Crippen molar-refractivity contribution in [1.29, 1.82) is 0 Å². The van der Waals surface area contributed by atoms with Crippen molar-refractivity contribution in [3.05, 3.63) is 28.8 Å². The summed E-state index contributed by atoms with van der Waals surface area (Å²) in [6, 6.07) is 5.96. The predicted octanol–water partition coefficient (Wildman–Crippen LogP) is 3.31. The van der Waals surface area contributed by atoms with Gasteiger partial charge in [0, 0.05) is 17.3 Å². The maximum absolute atomic E-state index is 5.97. The zero-order valence-electron chi connectivity index (χ0n) is 10.3. The molecule has 0 fully saturated rings. The van der Waals surface area contributed by atoms with Gasteiger partial charge in [0.05, 0.1) is 0 Å². The molecule has 0 bridgehead atoms. The van der Waals surface area contributed by atoms with Gasteiger partial charge in [-0.05, 0) is 44.1 Å². The minimum atomic E-state index is 0.656. The number of anilines is 1. The monoisotopic (exact) mass is 240 g/mol. The molecule has 1 rings (SSSR count). The number of hydrogen-bond donors (Lipinski definition) is 2. The first kappa shape index (κ1) is 13.3. The van der Waals surface area contributed by atoms with E-state index in [9.17, 15) is 0 Å². The molecular weight excluding hydrogens is 220 g/mol. The van der Waals surface area contributed by atoms with Crippen LogP contribution in [-0.2, 0) is 0 Å². The molecule has 0 radical (unpaired) electrons. The van der Waals surface area contributed by atoms with Crippen LogP contribution in [0.2, 0.25) is 5.02 Å². The van der Waals surface area contributed by atoms with E-state index in [0.717, 1.165) is 23.8 Å². The summed E-state index contributed by atoms with van der Waals surface area (Å²) in [6.07, 6.45) is 1.17. The van der Waals surface area contributed by atoms with E-state index in [1.54, 1.807) is 0 Å². The molecule has 1 aromatic rings. The van der Waals surface area contributed by atoms with Crippen LogP contribution in [0, 0.1) is 12.8 Å². The molecule has 2 N–H and O–H groups in total. The minimum absolute atomic E-state index is 0.656. The Kier molecular flexibility index (Phi) is 5.64. The number of halogens is 1. The van der Waals surface area contributed by atoms with Gasteiger partial charge in [0.25, 0.3) is 0 Å². The first-order valence-corrected chi connectivity index (χ1v) is 6.19. The summed E-state index contributed by atoms with van der Waals surface area (Å²) in [6.45, 7) is 6.34. The van der Waals surface area contributed by atoms with Crippen LogP contribution in [0.4, 0.5) is 5.69 Å². The summed E-state index contributed by atoms with van der Waals surface area (Å²) in [5, 5.41) is 7.47. The number of aryl methyl sites for hydroxylation is 1. The molecule has 3 heteroatoms. The summed E-state index contributed by atoms with van der Waals surface area (Å²) in [5.41, 5.74) is 2.38. The third-order valence-corrected chi connectivity index (χ3v) is 3.09. The third-order valence-electron chi connectivity index (χ3n) is 2.85. The Morgan fingerprint density at radius 2 is 2.06 bits per heavy atom. The van der Waals surface area contributed by atoms with E-state index in [0.29, 0.717) is 5.92 Å². The van der Waals surface area contributed by atoms with Crippen LogP contribution in [0.5, 0.6) is 0 Å². The van der Waals surface area contributed by atoms with Crippen LogP contribution >= 0.6 is 11.6 Å². The molecule has 1 atom stereocenters. The van der Waals surface area contributed by atoms with Crippen molar-refractivity contribution in [3.8, 4) is 0 Å². The topological polar surface area (TPSA) is 24.1 Å². The van der Waals surface area contributed by atoms with E-state index in [2.05, 4.69) is 24.5 Å². The third kappa shape index (κ3) is 4.03. The standard InChI is InChI=1S/C13H21ClN2/c1-4-11(8-15-3)9-16-13-7-12(14)6-5-10(13)2/h5-7,11,15-16H,4,8-9H2,1-3H3. The Morgan fingerprint density at radius 3 is 2.69 bits per heavy atom. The molecule has 1 aromatic carbocycles. The van der Waals surface area contributed by atoms with E-state index < -0.39 is 0 Å². The Balaban J connectivity index is 2.55. The Morgan fingerprint density at radius 1 is 1.31 bits per heavy atom. The predicted molar refractivity (Wildman–Crippen MR) is 72.4 cm³/mol. The van der Waals surface area contributed by atoms with Crippen LogP contribution in [0.15, 0.2) is 18.2 Å². The molecular formula is C13H21ClN2. The molecule has 0 spiro atoms. The smallest absolute Gasteiger partial charge is 0.0426 e. The Bertz CT molecular complexity index is 326. The van der Waals surface area contributed by atoms with Gasteiger partial charge >= 0.3 is 0 Å². The van der Waals surface area contributed by atoms with Gasteiger partial charge in [-0.1, -0.05) is 31.0 Å². The SMILES string of the molecule is CCC(CNC)CNc1cc(Cl)ccc1C. The second-order valence-corrected chi connectivity index (χ2v) is 4.61. The lowest BCUT2D eigenvalue weighted by Gasteiger charge is -2.17. The molecule has 0 aliphatic rings. The van der Waals surface area contributed by atoms with Gasteiger partial charge in [-0.15, -0.1) is 0 Å². The van der Waals surface area contributed by atoms with Crippen molar-refractivity contribution in [2.24, 2.45) is 5.92 Å². The zero-order valence-corrected chi connectivity index (χ0v) is 11.1. The molecule has 2 nitrogen and oxygen atoms in total. The molecule has 0 aromatic heterocycles. The number of hydrogen-bond acceptors (Lipinski definition) is 2. The summed E-state index contributed by atoms with van der Waals surface area (Å²) >= 11 is 5.97. The fourth-order valence-electron chi connectivity index (χ4n) is 1.69. The fraction of sp³-hybridized carbons (Fsp3) is 0.538. The van der Waals surface area contributed by atoms with Crippen molar-refractivity contribution in [2.45, 2.75) is 20.3 Å². The fourth-order valence-corrected chi connectivity index (χ4v) is 1.86. The van der Waals surface area contributed by atoms with Gasteiger partial charge in [0.15, 0.2) is 0 Å². The van der Waals surface area contributed by atoms with Crippen molar-refractivity contribution < 1.29 is 0 Å². The quantitative estimate of drug-likeness (QED) is 0.797. The molecule has 0 saturated heterocycles.